The molecule has 0 aliphatic rings. The highest BCUT2D eigenvalue weighted by atomic mass is 79.9. The van der Waals surface area contributed by atoms with Crippen molar-refractivity contribution in [3.63, 3.8) is 0 Å². The standard InChI is InChI=1S/C9H7BrN2O2/c1-5-3-12-4-6(10)2-7(9(13)14)8(12)11-5/h2-4H,1H3,(H,13,14). The lowest BCUT2D eigenvalue weighted by Gasteiger charge is -1.99. The number of carboxylic acids is 1. The summed E-state index contributed by atoms with van der Waals surface area (Å²) in [6, 6.07) is 1.55. The third-order valence-electron chi connectivity index (χ3n) is 1.87. The summed E-state index contributed by atoms with van der Waals surface area (Å²) < 4.78 is 2.42. The van der Waals surface area contributed by atoms with Crippen LogP contribution >= 0.6 is 15.9 Å². The summed E-state index contributed by atoms with van der Waals surface area (Å²) in [5, 5.41) is 8.94. The Kier molecular flexibility index (Phi) is 2.03. The quantitative estimate of drug-likeness (QED) is 0.848. The Morgan fingerprint density at radius 2 is 2.29 bits per heavy atom. The van der Waals surface area contributed by atoms with Gasteiger partial charge in [-0.25, -0.2) is 9.78 Å². The van der Waals surface area contributed by atoms with Crippen LogP contribution in [0.5, 0.6) is 0 Å². The summed E-state index contributed by atoms with van der Waals surface area (Å²) in [7, 11) is 0. The lowest BCUT2D eigenvalue weighted by molar-refractivity contribution is 0.0698. The largest absolute Gasteiger partial charge is 0.478 e. The topological polar surface area (TPSA) is 54.6 Å². The number of imidazole rings is 1. The van der Waals surface area contributed by atoms with E-state index in [2.05, 4.69) is 20.9 Å². The fourth-order valence-electron chi connectivity index (χ4n) is 1.34. The maximum atomic E-state index is 10.9. The van der Waals surface area contributed by atoms with E-state index in [4.69, 9.17) is 5.11 Å². The van der Waals surface area contributed by atoms with Crippen LogP contribution in [0.2, 0.25) is 0 Å². The van der Waals surface area contributed by atoms with E-state index in [1.165, 1.54) is 0 Å². The van der Waals surface area contributed by atoms with Gasteiger partial charge in [-0.05, 0) is 28.9 Å². The predicted molar refractivity (Wildman–Crippen MR) is 54.6 cm³/mol. The predicted octanol–water partition coefficient (Wildman–Crippen LogP) is 2.10. The third kappa shape index (κ3) is 1.39. The molecule has 2 heterocycles. The zero-order valence-electron chi connectivity index (χ0n) is 7.36. The Morgan fingerprint density at radius 3 is 2.93 bits per heavy atom. The van der Waals surface area contributed by atoms with Gasteiger partial charge in [0.1, 0.15) is 5.56 Å². The second-order valence-electron chi connectivity index (χ2n) is 2.99. The SMILES string of the molecule is Cc1cn2cc(Br)cc(C(=O)O)c2n1. The van der Waals surface area contributed by atoms with Crippen LogP contribution in [0, 0.1) is 6.92 Å². The normalized spacial score (nSPS) is 10.7. The van der Waals surface area contributed by atoms with Gasteiger partial charge < -0.3 is 9.51 Å². The minimum atomic E-state index is -0.970. The number of hydrogen-bond donors (Lipinski definition) is 1. The Bertz CT molecular complexity index is 519. The Balaban J connectivity index is 2.85. The van der Waals surface area contributed by atoms with Gasteiger partial charge in [-0.1, -0.05) is 0 Å². The molecule has 5 heteroatoms. The smallest absolute Gasteiger partial charge is 0.339 e. The molecule has 0 saturated heterocycles. The maximum Gasteiger partial charge on any atom is 0.339 e. The molecule has 1 N–H and O–H groups in total. The summed E-state index contributed by atoms with van der Waals surface area (Å²) in [6.07, 6.45) is 3.56. The van der Waals surface area contributed by atoms with Gasteiger partial charge in [0.15, 0.2) is 5.65 Å². The Hall–Kier alpha value is -1.36. The first kappa shape index (κ1) is 9.21. The van der Waals surface area contributed by atoms with E-state index >= 15 is 0 Å². The highest BCUT2D eigenvalue weighted by Gasteiger charge is 2.11. The van der Waals surface area contributed by atoms with Crippen LogP contribution in [0.25, 0.3) is 5.65 Å². The molecule has 0 atom stereocenters. The molecule has 2 rings (SSSR count). The molecule has 0 spiro atoms. The molecule has 0 fully saturated rings. The first-order chi connectivity index (χ1) is 6.58. The summed E-state index contributed by atoms with van der Waals surface area (Å²) in [4.78, 5) is 15.0. The number of fused-ring (bicyclic) bond motifs is 1. The highest BCUT2D eigenvalue weighted by Crippen LogP contribution is 2.17. The second-order valence-corrected chi connectivity index (χ2v) is 3.91. The summed E-state index contributed by atoms with van der Waals surface area (Å²) in [5.74, 6) is -0.970. The maximum absolute atomic E-state index is 10.9. The van der Waals surface area contributed by atoms with Crippen molar-refractivity contribution in [2.45, 2.75) is 6.92 Å². The number of halogens is 1. The Labute approximate surface area is 88.3 Å². The molecule has 0 saturated carbocycles. The zero-order chi connectivity index (χ0) is 10.3. The van der Waals surface area contributed by atoms with Crippen LogP contribution in [0.3, 0.4) is 0 Å². The van der Waals surface area contributed by atoms with Crippen LogP contribution in [0.4, 0.5) is 0 Å². The molecule has 0 unspecified atom stereocenters. The van der Waals surface area contributed by atoms with Crippen LogP contribution in [-0.2, 0) is 0 Å². The molecular weight excluding hydrogens is 248 g/mol. The molecule has 14 heavy (non-hydrogen) atoms. The van der Waals surface area contributed by atoms with Crippen LogP contribution in [0.1, 0.15) is 16.1 Å². The second kappa shape index (κ2) is 3.09. The van der Waals surface area contributed by atoms with Gasteiger partial charge >= 0.3 is 5.97 Å². The molecular formula is C9H7BrN2O2. The lowest BCUT2D eigenvalue weighted by Crippen LogP contribution is -2.00. The molecule has 0 aliphatic heterocycles. The molecule has 0 amide bonds. The fraction of sp³-hybridized carbons (Fsp3) is 0.111. The van der Waals surface area contributed by atoms with Gasteiger partial charge in [0.25, 0.3) is 0 Å². The fourth-order valence-corrected chi connectivity index (χ4v) is 1.79. The third-order valence-corrected chi connectivity index (χ3v) is 2.30. The molecule has 0 radical (unpaired) electrons. The van der Waals surface area contributed by atoms with Crippen molar-refractivity contribution in [3.05, 3.63) is 34.2 Å². The number of aromatic nitrogens is 2. The van der Waals surface area contributed by atoms with E-state index in [9.17, 15) is 4.79 Å². The van der Waals surface area contributed by atoms with Gasteiger partial charge in [-0.15, -0.1) is 0 Å². The van der Waals surface area contributed by atoms with E-state index in [0.717, 1.165) is 10.2 Å². The first-order valence-corrected chi connectivity index (χ1v) is 4.75. The summed E-state index contributed by atoms with van der Waals surface area (Å²) >= 11 is 3.25. The van der Waals surface area contributed by atoms with Gasteiger partial charge in [-0.3, -0.25) is 0 Å². The van der Waals surface area contributed by atoms with Crippen molar-refractivity contribution >= 4 is 27.5 Å². The van der Waals surface area contributed by atoms with Crippen molar-refractivity contribution < 1.29 is 9.90 Å². The molecule has 0 aliphatic carbocycles. The van der Waals surface area contributed by atoms with Crippen LogP contribution < -0.4 is 0 Å². The summed E-state index contributed by atoms with van der Waals surface area (Å²) in [5.41, 5.74) is 1.47. The number of hydrogen-bond acceptors (Lipinski definition) is 2. The lowest BCUT2D eigenvalue weighted by atomic mass is 10.3. The Morgan fingerprint density at radius 1 is 1.57 bits per heavy atom. The number of pyridine rings is 1. The molecule has 2 aromatic heterocycles. The average Bonchev–Trinajstić information content (AvgIpc) is 2.42. The monoisotopic (exact) mass is 254 g/mol. The highest BCUT2D eigenvalue weighted by molar-refractivity contribution is 9.10. The van der Waals surface area contributed by atoms with E-state index in [1.54, 1.807) is 22.9 Å². The van der Waals surface area contributed by atoms with E-state index in [1.807, 2.05) is 6.92 Å². The van der Waals surface area contributed by atoms with Gasteiger partial charge in [0, 0.05) is 16.9 Å². The number of rotatable bonds is 1. The van der Waals surface area contributed by atoms with Gasteiger partial charge in [-0.2, -0.15) is 0 Å². The van der Waals surface area contributed by atoms with Crippen molar-refractivity contribution in [1.82, 2.24) is 9.38 Å². The van der Waals surface area contributed by atoms with Gasteiger partial charge in [0.05, 0.1) is 5.69 Å². The summed E-state index contributed by atoms with van der Waals surface area (Å²) in [6.45, 7) is 1.83. The number of aryl methyl sites for hydroxylation is 1. The van der Waals surface area contributed by atoms with E-state index < -0.39 is 5.97 Å². The molecule has 4 nitrogen and oxygen atoms in total. The van der Waals surface area contributed by atoms with Crippen molar-refractivity contribution in [3.8, 4) is 0 Å². The molecule has 0 bridgehead atoms. The van der Waals surface area contributed by atoms with E-state index in [0.29, 0.717) is 5.65 Å². The minimum absolute atomic E-state index is 0.201. The van der Waals surface area contributed by atoms with Gasteiger partial charge in [0.2, 0.25) is 0 Å². The van der Waals surface area contributed by atoms with Crippen LogP contribution in [0.15, 0.2) is 22.9 Å². The molecule has 0 aromatic carbocycles. The zero-order valence-corrected chi connectivity index (χ0v) is 8.95. The number of nitrogens with zero attached hydrogens (tertiary/aromatic N) is 2. The van der Waals surface area contributed by atoms with Crippen molar-refractivity contribution in [2.75, 3.05) is 0 Å². The van der Waals surface area contributed by atoms with E-state index in [-0.39, 0.29) is 5.56 Å². The minimum Gasteiger partial charge on any atom is -0.478 e. The number of aromatic carboxylic acids is 1. The molecule has 72 valence electrons. The van der Waals surface area contributed by atoms with Crippen molar-refractivity contribution in [1.29, 1.82) is 0 Å². The number of carboxylic acid groups (broad SMARTS) is 1. The van der Waals surface area contributed by atoms with Crippen LogP contribution in [-0.4, -0.2) is 20.5 Å². The number of carbonyl (C=O) groups is 1. The van der Waals surface area contributed by atoms with Crippen molar-refractivity contribution in [2.24, 2.45) is 0 Å². The molecule has 2 aromatic rings. The average molecular weight is 255 g/mol. The first-order valence-electron chi connectivity index (χ1n) is 3.96.